The number of rotatable bonds is 3. The minimum Gasteiger partial charge on any atom is -1.00 e. The molecule has 0 heterocycles. The van der Waals surface area contributed by atoms with Crippen molar-refractivity contribution in [1.82, 2.24) is 0 Å². The van der Waals surface area contributed by atoms with E-state index in [2.05, 4.69) is 4.74 Å². The van der Waals surface area contributed by atoms with Crippen molar-refractivity contribution >= 4 is 0 Å². The van der Waals surface area contributed by atoms with Crippen molar-refractivity contribution in [2.45, 2.75) is 6.42 Å². The summed E-state index contributed by atoms with van der Waals surface area (Å²) in [6.45, 7) is 0.893. The molecule has 0 rings (SSSR count). The predicted molar refractivity (Wildman–Crippen MR) is 23.6 cm³/mol. The SMILES string of the molecule is COCCCO.[Cl-]. The molecule has 0 bridgehead atoms. The lowest BCUT2D eigenvalue weighted by molar-refractivity contribution is -0.00000316. The third-order valence-corrected chi connectivity index (χ3v) is 0.507. The van der Waals surface area contributed by atoms with Crippen LogP contribution in [0.4, 0.5) is 0 Å². The Labute approximate surface area is 49.9 Å². The topological polar surface area (TPSA) is 29.5 Å². The first-order chi connectivity index (χ1) is 2.91. The first-order valence-corrected chi connectivity index (χ1v) is 2.01. The van der Waals surface area contributed by atoms with Gasteiger partial charge in [-0.3, -0.25) is 0 Å². The van der Waals surface area contributed by atoms with Gasteiger partial charge in [-0.25, -0.2) is 0 Å². The first kappa shape index (κ1) is 10.2. The van der Waals surface area contributed by atoms with Crippen LogP contribution in [0.2, 0.25) is 0 Å². The van der Waals surface area contributed by atoms with Gasteiger partial charge < -0.3 is 22.3 Å². The van der Waals surface area contributed by atoms with Gasteiger partial charge in [0.15, 0.2) is 0 Å². The first-order valence-electron chi connectivity index (χ1n) is 2.01. The second-order valence-corrected chi connectivity index (χ2v) is 1.07. The summed E-state index contributed by atoms with van der Waals surface area (Å²) in [5, 5.41) is 8.12. The molecule has 3 heteroatoms. The summed E-state index contributed by atoms with van der Waals surface area (Å²) in [6, 6.07) is 0. The maximum atomic E-state index is 8.12. The van der Waals surface area contributed by atoms with Crippen LogP contribution < -0.4 is 12.4 Å². The van der Waals surface area contributed by atoms with Crippen LogP contribution in [0.15, 0.2) is 0 Å². The van der Waals surface area contributed by atoms with Crippen LogP contribution in [0.5, 0.6) is 0 Å². The van der Waals surface area contributed by atoms with Gasteiger partial charge in [0.05, 0.1) is 0 Å². The van der Waals surface area contributed by atoms with E-state index in [0.717, 1.165) is 6.42 Å². The van der Waals surface area contributed by atoms with Crippen molar-refractivity contribution in [3.8, 4) is 0 Å². The number of halogens is 1. The Balaban J connectivity index is 0. The van der Waals surface area contributed by atoms with Crippen molar-refractivity contribution in [3.05, 3.63) is 0 Å². The zero-order valence-corrected chi connectivity index (χ0v) is 5.11. The van der Waals surface area contributed by atoms with Gasteiger partial charge in [-0.2, -0.15) is 0 Å². The summed E-state index contributed by atoms with van der Waals surface area (Å²) in [5.74, 6) is 0. The lowest BCUT2D eigenvalue weighted by atomic mass is 10.5. The zero-order chi connectivity index (χ0) is 4.83. The van der Waals surface area contributed by atoms with Gasteiger partial charge in [-0.15, -0.1) is 0 Å². The molecule has 0 saturated heterocycles. The number of hydrogen-bond acceptors (Lipinski definition) is 2. The quantitative estimate of drug-likeness (QED) is 0.408. The van der Waals surface area contributed by atoms with Crippen LogP contribution >= 0.6 is 0 Å². The smallest absolute Gasteiger partial charge is 0.0484 e. The summed E-state index contributed by atoms with van der Waals surface area (Å²) in [4.78, 5) is 0. The number of aliphatic hydroxyl groups is 1. The zero-order valence-electron chi connectivity index (χ0n) is 4.35. The monoisotopic (exact) mass is 125 g/mol. The van der Waals surface area contributed by atoms with Crippen molar-refractivity contribution < 1.29 is 22.3 Å². The number of methoxy groups -OCH3 is 1. The molecule has 0 saturated carbocycles. The highest BCUT2D eigenvalue weighted by Crippen LogP contribution is 1.72. The molecule has 46 valence electrons. The van der Waals surface area contributed by atoms with Crippen LogP contribution in [0.1, 0.15) is 6.42 Å². The Bertz CT molecular complexity index is 21.7. The van der Waals surface area contributed by atoms with Gasteiger partial charge >= 0.3 is 0 Å². The fourth-order valence-electron chi connectivity index (χ4n) is 0.209. The standard InChI is InChI=1S/C4H10O2.ClH/c1-6-4-2-3-5;/h5H,2-4H2,1H3;1H/p-1. The van der Waals surface area contributed by atoms with Crippen LogP contribution in [-0.4, -0.2) is 25.4 Å². The van der Waals surface area contributed by atoms with Gasteiger partial charge in [-0.05, 0) is 6.42 Å². The molecule has 0 aromatic heterocycles. The van der Waals surface area contributed by atoms with Gasteiger partial charge in [0.1, 0.15) is 0 Å². The second kappa shape index (κ2) is 9.51. The number of aliphatic hydroxyl groups excluding tert-OH is 1. The summed E-state index contributed by atoms with van der Waals surface area (Å²) in [6.07, 6.45) is 0.747. The minimum absolute atomic E-state index is 0. The predicted octanol–water partition coefficient (Wildman–Crippen LogP) is -2.98. The van der Waals surface area contributed by atoms with Gasteiger partial charge in [-0.1, -0.05) is 0 Å². The van der Waals surface area contributed by atoms with E-state index in [9.17, 15) is 0 Å². The molecule has 0 radical (unpaired) electrons. The van der Waals surface area contributed by atoms with E-state index in [1.54, 1.807) is 7.11 Å². The third kappa shape index (κ3) is 10.7. The average Bonchev–Trinajstić information content (AvgIpc) is 1.61. The molecule has 0 amide bonds. The van der Waals surface area contributed by atoms with Crippen LogP contribution in [0.25, 0.3) is 0 Å². The van der Waals surface area contributed by atoms with Crippen LogP contribution in [-0.2, 0) is 4.74 Å². The molecule has 0 fully saturated rings. The van der Waals surface area contributed by atoms with E-state index in [1.165, 1.54) is 0 Å². The van der Waals surface area contributed by atoms with Crippen LogP contribution in [0, 0.1) is 0 Å². The van der Waals surface area contributed by atoms with E-state index < -0.39 is 0 Å². The largest absolute Gasteiger partial charge is 1.00 e. The van der Waals surface area contributed by atoms with E-state index in [0.29, 0.717) is 6.61 Å². The molecule has 0 aromatic carbocycles. The van der Waals surface area contributed by atoms with Crippen molar-refractivity contribution in [2.24, 2.45) is 0 Å². The molecular formula is C4H10ClO2-. The molecule has 0 atom stereocenters. The number of hydrogen-bond donors (Lipinski definition) is 1. The Morgan fingerprint density at radius 1 is 1.57 bits per heavy atom. The maximum absolute atomic E-state index is 8.12. The molecule has 0 aliphatic rings. The third-order valence-electron chi connectivity index (χ3n) is 0.507. The number of ether oxygens (including phenoxy) is 1. The molecule has 0 unspecified atom stereocenters. The molecular weight excluding hydrogens is 115 g/mol. The van der Waals surface area contributed by atoms with Gasteiger partial charge in [0.2, 0.25) is 0 Å². The minimum atomic E-state index is 0. The average molecular weight is 126 g/mol. The maximum Gasteiger partial charge on any atom is 0.0484 e. The van der Waals surface area contributed by atoms with Crippen molar-refractivity contribution in [3.63, 3.8) is 0 Å². The van der Waals surface area contributed by atoms with Gasteiger partial charge in [0, 0.05) is 20.3 Å². The highest BCUT2D eigenvalue weighted by atomic mass is 35.5. The van der Waals surface area contributed by atoms with Crippen molar-refractivity contribution in [2.75, 3.05) is 20.3 Å². The van der Waals surface area contributed by atoms with Crippen molar-refractivity contribution in [1.29, 1.82) is 0 Å². The second-order valence-electron chi connectivity index (χ2n) is 1.07. The molecule has 0 aromatic rings. The highest BCUT2D eigenvalue weighted by molar-refractivity contribution is 4.25. The fourth-order valence-corrected chi connectivity index (χ4v) is 0.209. The molecule has 1 N–H and O–H groups in total. The molecule has 0 aliphatic carbocycles. The van der Waals surface area contributed by atoms with Crippen LogP contribution in [0.3, 0.4) is 0 Å². The highest BCUT2D eigenvalue weighted by Gasteiger charge is 1.75. The lowest BCUT2D eigenvalue weighted by Gasteiger charge is -1.89. The Hall–Kier alpha value is 0.210. The molecule has 0 spiro atoms. The normalized spacial score (nSPS) is 7.71. The molecule has 0 aliphatic heterocycles. The molecule has 2 nitrogen and oxygen atoms in total. The van der Waals surface area contributed by atoms with Gasteiger partial charge in [0.25, 0.3) is 0 Å². The van der Waals surface area contributed by atoms with E-state index in [4.69, 9.17) is 5.11 Å². The lowest BCUT2D eigenvalue weighted by Crippen LogP contribution is -3.00. The van der Waals surface area contributed by atoms with E-state index in [1.807, 2.05) is 0 Å². The summed E-state index contributed by atoms with van der Waals surface area (Å²) in [7, 11) is 1.62. The van der Waals surface area contributed by atoms with E-state index >= 15 is 0 Å². The Morgan fingerprint density at radius 3 is 2.29 bits per heavy atom. The summed E-state index contributed by atoms with van der Waals surface area (Å²) < 4.78 is 4.62. The van der Waals surface area contributed by atoms with E-state index in [-0.39, 0.29) is 19.0 Å². The fraction of sp³-hybridized carbons (Fsp3) is 1.00. The Kier molecular flexibility index (Phi) is 13.9. The summed E-state index contributed by atoms with van der Waals surface area (Å²) >= 11 is 0. The Morgan fingerprint density at radius 2 is 2.14 bits per heavy atom. The molecule has 7 heavy (non-hydrogen) atoms. The summed E-state index contributed by atoms with van der Waals surface area (Å²) in [5.41, 5.74) is 0.